The van der Waals surface area contributed by atoms with Gasteiger partial charge in [-0.05, 0) is 18.8 Å². The van der Waals surface area contributed by atoms with Crippen molar-refractivity contribution in [2.75, 3.05) is 44.4 Å². The van der Waals surface area contributed by atoms with Crippen LogP contribution in [-0.4, -0.2) is 55.2 Å². The molecule has 1 aliphatic heterocycles. The van der Waals surface area contributed by atoms with Crippen LogP contribution in [0.5, 0.6) is 0 Å². The molecule has 0 spiro atoms. The fourth-order valence-corrected chi connectivity index (χ4v) is 3.45. The molecule has 2 aliphatic rings. The molecule has 104 valence electrons. The van der Waals surface area contributed by atoms with Gasteiger partial charge in [0.2, 0.25) is 0 Å². The second-order valence-electron chi connectivity index (χ2n) is 5.06. The number of hydrogen-bond acceptors (Lipinski definition) is 3. The van der Waals surface area contributed by atoms with Crippen LogP contribution in [0.1, 0.15) is 25.7 Å². The molecule has 0 aromatic carbocycles. The number of nitrogens with zero attached hydrogens (tertiary/aromatic N) is 2. The van der Waals surface area contributed by atoms with Gasteiger partial charge in [0.25, 0.3) is 0 Å². The number of ether oxygens (including phenoxy) is 1. The second kappa shape index (κ2) is 7.89. The largest absolute Gasteiger partial charge is 0.379 e. The van der Waals surface area contributed by atoms with Crippen molar-refractivity contribution in [3.63, 3.8) is 0 Å². The Bertz CT molecular complexity index is 261. The van der Waals surface area contributed by atoms with E-state index in [9.17, 15) is 0 Å². The Hall–Kier alpha value is -0.420. The third-order valence-electron chi connectivity index (χ3n) is 3.67. The number of rotatable bonds is 5. The van der Waals surface area contributed by atoms with E-state index in [-0.39, 0.29) is 0 Å². The van der Waals surface area contributed by atoms with Gasteiger partial charge < -0.3 is 15.4 Å². The van der Waals surface area contributed by atoms with Crippen LogP contribution in [0.3, 0.4) is 0 Å². The maximum Gasteiger partial charge on any atom is 0.191 e. The van der Waals surface area contributed by atoms with Crippen LogP contribution in [0, 0.1) is 5.92 Å². The zero-order chi connectivity index (χ0) is 12.6. The van der Waals surface area contributed by atoms with Crippen molar-refractivity contribution in [3.8, 4) is 0 Å². The van der Waals surface area contributed by atoms with E-state index in [1.54, 1.807) is 0 Å². The van der Waals surface area contributed by atoms with Crippen LogP contribution in [0.2, 0.25) is 0 Å². The van der Waals surface area contributed by atoms with Gasteiger partial charge in [-0.25, -0.2) is 0 Å². The Morgan fingerprint density at radius 2 is 2.00 bits per heavy atom. The van der Waals surface area contributed by atoms with Crippen LogP contribution < -0.4 is 5.73 Å². The summed E-state index contributed by atoms with van der Waals surface area (Å²) in [6, 6.07) is 0. The number of guanidine groups is 1. The third kappa shape index (κ3) is 4.69. The molecular weight excluding hydrogens is 246 g/mol. The van der Waals surface area contributed by atoms with Crippen LogP contribution in [0.4, 0.5) is 0 Å². The maximum absolute atomic E-state index is 5.96. The fraction of sp³-hybridized carbons (Fsp3) is 0.923. The quantitative estimate of drug-likeness (QED) is 0.468. The summed E-state index contributed by atoms with van der Waals surface area (Å²) in [6.07, 6.45) is 5.45. The highest BCUT2D eigenvalue weighted by Crippen LogP contribution is 2.24. The van der Waals surface area contributed by atoms with Crippen LogP contribution in [0.15, 0.2) is 4.99 Å². The molecule has 0 bridgehead atoms. The van der Waals surface area contributed by atoms with E-state index in [4.69, 9.17) is 10.5 Å². The normalized spacial score (nSPS) is 22.7. The minimum atomic E-state index is 0.694. The van der Waals surface area contributed by atoms with Crippen LogP contribution in [-0.2, 0) is 4.74 Å². The number of aliphatic imine (C=N–C) groups is 1. The molecule has 2 fully saturated rings. The lowest BCUT2D eigenvalue weighted by atomic mass is 10.1. The van der Waals surface area contributed by atoms with Gasteiger partial charge in [-0.15, -0.1) is 0 Å². The molecule has 0 aromatic rings. The van der Waals surface area contributed by atoms with Crippen molar-refractivity contribution in [1.29, 1.82) is 0 Å². The van der Waals surface area contributed by atoms with Crippen molar-refractivity contribution in [1.82, 2.24) is 4.90 Å². The lowest BCUT2D eigenvalue weighted by molar-refractivity contribution is 0.108. The minimum Gasteiger partial charge on any atom is -0.379 e. The molecule has 1 saturated heterocycles. The summed E-state index contributed by atoms with van der Waals surface area (Å²) < 4.78 is 5.67. The van der Waals surface area contributed by atoms with E-state index in [0.717, 1.165) is 37.1 Å². The van der Waals surface area contributed by atoms with Gasteiger partial charge in [-0.2, -0.15) is 11.8 Å². The molecule has 1 saturated carbocycles. The number of nitrogens with two attached hydrogens (primary N) is 1. The molecule has 4 nitrogen and oxygen atoms in total. The highest BCUT2D eigenvalue weighted by Gasteiger charge is 2.14. The zero-order valence-corrected chi connectivity index (χ0v) is 12.0. The van der Waals surface area contributed by atoms with Crippen molar-refractivity contribution >= 4 is 17.7 Å². The molecular formula is C13H25N3OS. The Morgan fingerprint density at radius 1 is 1.28 bits per heavy atom. The topological polar surface area (TPSA) is 50.9 Å². The molecule has 0 aromatic heterocycles. The molecule has 0 radical (unpaired) electrons. The highest BCUT2D eigenvalue weighted by atomic mass is 32.2. The maximum atomic E-state index is 5.96. The molecule has 1 aliphatic carbocycles. The van der Waals surface area contributed by atoms with Gasteiger partial charge in [0.15, 0.2) is 5.96 Å². The van der Waals surface area contributed by atoms with E-state index < -0.39 is 0 Å². The first-order valence-electron chi connectivity index (χ1n) is 7.06. The van der Waals surface area contributed by atoms with Gasteiger partial charge >= 0.3 is 0 Å². The third-order valence-corrected chi connectivity index (χ3v) is 4.62. The first-order valence-corrected chi connectivity index (χ1v) is 8.22. The van der Waals surface area contributed by atoms with Crippen molar-refractivity contribution in [2.24, 2.45) is 16.6 Å². The molecule has 5 heteroatoms. The van der Waals surface area contributed by atoms with Crippen molar-refractivity contribution < 1.29 is 4.74 Å². The van der Waals surface area contributed by atoms with Gasteiger partial charge in [-0.1, -0.05) is 12.8 Å². The summed E-state index contributed by atoms with van der Waals surface area (Å²) in [5, 5.41) is 0. The summed E-state index contributed by atoms with van der Waals surface area (Å²) in [5.74, 6) is 3.81. The molecule has 0 amide bonds. The summed E-state index contributed by atoms with van der Waals surface area (Å²) in [4.78, 5) is 6.57. The van der Waals surface area contributed by atoms with E-state index >= 15 is 0 Å². The van der Waals surface area contributed by atoms with E-state index in [0.29, 0.717) is 19.1 Å². The van der Waals surface area contributed by atoms with Gasteiger partial charge in [-0.3, -0.25) is 4.99 Å². The molecule has 0 atom stereocenters. The van der Waals surface area contributed by atoms with E-state index in [2.05, 4.69) is 9.89 Å². The summed E-state index contributed by atoms with van der Waals surface area (Å²) in [6.45, 7) is 4.38. The van der Waals surface area contributed by atoms with Crippen molar-refractivity contribution in [2.45, 2.75) is 25.7 Å². The SMILES string of the molecule is NC(=NCCOCC1CCCC1)N1CCSCC1. The van der Waals surface area contributed by atoms with Crippen molar-refractivity contribution in [3.05, 3.63) is 0 Å². The predicted molar refractivity (Wildman–Crippen MR) is 78.2 cm³/mol. The van der Waals surface area contributed by atoms with Gasteiger partial charge in [0.1, 0.15) is 0 Å². The summed E-state index contributed by atoms with van der Waals surface area (Å²) in [7, 11) is 0. The average Bonchev–Trinajstić information content (AvgIpc) is 2.92. The number of thioether (sulfide) groups is 1. The minimum absolute atomic E-state index is 0.694. The zero-order valence-electron chi connectivity index (χ0n) is 11.1. The molecule has 2 rings (SSSR count). The fourth-order valence-electron chi connectivity index (χ4n) is 2.54. The number of hydrogen-bond donors (Lipinski definition) is 1. The Morgan fingerprint density at radius 3 is 2.72 bits per heavy atom. The molecule has 1 heterocycles. The lowest BCUT2D eigenvalue weighted by Gasteiger charge is -2.27. The Balaban J connectivity index is 1.55. The highest BCUT2D eigenvalue weighted by molar-refractivity contribution is 7.99. The predicted octanol–water partition coefficient (Wildman–Crippen LogP) is 1.56. The summed E-state index contributed by atoms with van der Waals surface area (Å²) >= 11 is 1.99. The average molecular weight is 271 g/mol. The van der Waals surface area contributed by atoms with Crippen LogP contribution in [0.25, 0.3) is 0 Å². The Kier molecular flexibility index (Phi) is 6.14. The molecule has 2 N–H and O–H groups in total. The van der Waals surface area contributed by atoms with Gasteiger partial charge in [0.05, 0.1) is 13.2 Å². The smallest absolute Gasteiger partial charge is 0.191 e. The monoisotopic (exact) mass is 271 g/mol. The van der Waals surface area contributed by atoms with E-state index in [1.165, 1.54) is 25.7 Å². The van der Waals surface area contributed by atoms with Gasteiger partial charge in [0, 0.05) is 31.2 Å². The summed E-state index contributed by atoms with van der Waals surface area (Å²) in [5.41, 5.74) is 5.96. The standard InChI is InChI=1S/C13H25N3OS/c14-13(16-6-9-18-10-7-16)15-5-8-17-11-12-3-1-2-4-12/h12H,1-11H2,(H2,14,15). The second-order valence-corrected chi connectivity index (χ2v) is 6.29. The first kappa shape index (κ1) is 14.0. The van der Waals surface area contributed by atoms with E-state index in [1.807, 2.05) is 11.8 Å². The first-order chi connectivity index (χ1) is 8.86. The van der Waals surface area contributed by atoms with Crippen LogP contribution >= 0.6 is 11.8 Å². The lowest BCUT2D eigenvalue weighted by Crippen LogP contribution is -2.42. The molecule has 0 unspecified atom stereocenters. The molecule has 18 heavy (non-hydrogen) atoms. The Labute approximate surface area is 114 Å².